The van der Waals surface area contributed by atoms with Crippen molar-refractivity contribution in [1.82, 2.24) is 0 Å². The first kappa shape index (κ1) is 5.10. The normalized spacial score (nSPS) is 20.0. The molecule has 0 atom stereocenters. The van der Waals surface area contributed by atoms with Crippen molar-refractivity contribution in [3.63, 3.8) is 0 Å². The molecule has 1 aliphatic rings. The molecule has 0 nitrogen and oxygen atoms in total. The maximum absolute atomic E-state index is 3.79. The van der Waals surface area contributed by atoms with Crippen LogP contribution in [0.5, 0.6) is 0 Å². The van der Waals surface area contributed by atoms with E-state index in [2.05, 4.69) is 29.4 Å². The van der Waals surface area contributed by atoms with Crippen molar-refractivity contribution in [2.75, 3.05) is 0 Å². The van der Waals surface area contributed by atoms with Crippen LogP contribution in [-0.2, 0) is 0 Å². The van der Waals surface area contributed by atoms with Crippen molar-refractivity contribution in [3.8, 4) is 0 Å². The number of halogens is 1. The number of allylic oxidation sites excluding steroid dienone is 3. The zero-order chi connectivity index (χ0) is 5.44. The summed E-state index contributed by atoms with van der Waals surface area (Å²) >= 11 is 3.37. The van der Waals surface area contributed by atoms with Gasteiger partial charge < -0.3 is 0 Å². The Hall–Kier alpha value is -0.0400. The molecule has 0 N–H and O–H groups in total. The van der Waals surface area contributed by atoms with Crippen molar-refractivity contribution < 1.29 is 0 Å². The van der Waals surface area contributed by atoms with Crippen LogP contribution in [0.15, 0.2) is 22.2 Å². The summed E-state index contributed by atoms with van der Waals surface area (Å²) in [6.45, 7) is 5.90. The fourth-order valence-electron chi connectivity index (χ4n) is 0.670. The van der Waals surface area contributed by atoms with Crippen LogP contribution in [0.3, 0.4) is 0 Å². The van der Waals surface area contributed by atoms with Gasteiger partial charge in [-0.15, -0.1) is 0 Å². The van der Waals surface area contributed by atoms with Crippen molar-refractivity contribution in [2.24, 2.45) is 0 Å². The Labute approximate surface area is 52.0 Å². The predicted octanol–water partition coefficient (Wildman–Crippen LogP) is 2.62. The van der Waals surface area contributed by atoms with Crippen LogP contribution in [0.1, 0.15) is 13.3 Å². The Bertz CT molecular complexity index is 142. The van der Waals surface area contributed by atoms with Crippen LogP contribution in [0, 0.1) is 0 Å². The van der Waals surface area contributed by atoms with E-state index in [1.807, 2.05) is 0 Å². The monoisotopic (exact) mass is 158 g/mol. The molecule has 0 heterocycles. The zero-order valence-electron chi connectivity index (χ0n) is 4.29. The lowest BCUT2D eigenvalue weighted by molar-refractivity contribution is 1.05. The summed E-state index contributed by atoms with van der Waals surface area (Å²) in [7, 11) is 0. The Kier molecular flexibility index (Phi) is 1.08. The summed E-state index contributed by atoms with van der Waals surface area (Å²) in [6, 6.07) is 0. The Balaban J connectivity index is 2.85. The Morgan fingerprint density at radius 2 is 2.29 bits per heavy atom. The SMILES string of the molecule is C=C1CC(C)=C1Br. The molecule has 0 amide bonds. The van der Waals surface area contributed by atoms with Gasteiger partial charge in [0.25, 0.3) is 0 Å². The number of hydrogen-bond acceptors (Lipinski definition) is 0. The standard InChI is InChI=1S/C6H7Br/c1-4-3-5(2)6(4)7/h1,3H2,2H3. The third kappa shape index (κ3) is 0.653. The van der Waals surface area contributed by atoms with Crippen LogP contribution in [0.2, 0.25) is 0 Å². The second-order valence-electron chi connectivity index (χ2n) is 1.87. The molecule has 0 unspecified atom stereocenters. The molecular formula is C6H7Br. The first-order valence-corrected chi connectivity index (χ1v) is 3.04. The molecule has 1 rings (SSSR count). The van der Waals surface area contributed by atoms with Crippen molar-refractivity contribution in [2.45, 2.75) is 13.3 Å². The first-order chi connectivity index (χ1) is 3.22. The van der Waals surface area contributed by atoms with Crippen LogP contribution >= 0.6 is 15.9 Å². The minimum atomic E-state index is 1.10. The Morgan fingerprint density at radius 1 is 1.71 bits per heavy atom. The highest BCUT2D eigenvalue weighted by Gasteiger charge is 2.13. The minimum Gasteiger partial charge on any atom is -0.0944 e. The molecule has 0 aromatic heterocycles. The predicted molar refractivity (Wildman–Crippen MR) is 35.4 cm³/mol. The first-order valence-electron chi connectivity index (χ1n) is 2.25. The van der Waals surface area contributed by atoms with Crippen molar-refractivity contribution in [1.29, 1.82) is 0 Å². The highest BCUT2D eigenvalue weighted by Crippen LogP contribution is 2.36. The molecule has 0 aromatic rings. The van der Waals surface area contributed by atoms with Crippen LogP contribution < -0.4 is 0 Å². The molecule has 0 spiro atoms. The molecule has 0 saturated carbocycles. The van der Waals surface area contributed by atoms with Crippen LogP contribution in [0.25, 0.3) is 0 Å². The van der Waals surface area contributed by atoms with E-state index in [9.17, 15) is 0 Å². The van der Waals surface area contributed by atoms with Gasteiger partial charge in [0.1, 0.15) is 0 Å². The lowest BCUT2D eigenvalue weighted by Crippen LogP contribution is -1.97. The van der Waals surface area contributed by atoms with Gasteiger partial charge in [0.15, 0.2) is 0 Å². The Morgan fingerprint density at radius 3 is 2.29 bits per heavy atom. The van der Waals surface area contributed by atoms with Crippen LogP contribution in [-0.4, -0.2) is 0 Å². The average Bonchev–Trinajstić information content (AvgIpc) is 1.68. The van der Waals surface area contributed by atoms with Crippen LogP contribution in [0.4, 0.5) is 0 Å². The summed E-state index contributed by atoms with van der Waals surface area (Å²) in [5.74, 6) is 0. The molecular weight excluding hydrogens is 152 g/mol. The third-order valence-corrected chi connectivity index (χ3v) is 2.40. The average molecular weight is 159 g/mol. The molecule has 0 aromatic carbocycles. The largest absolute Gasteiger partial charge is 0.0944 e. The van der Waals surface area contributed by atoms with E-state index in [1.165, 1.54) is 15.6 Å². The third-order valence-electron chi connectivity index (χ3n) is 1.16. The van der Waals surface area contributed by atoms with E-state index in [4.69, 9.17) is 0 Å². The molecule has 0 fully saturated rings. The van der Waals surface area contributed by atoms with Gasteiger partial charge in [0.2, 0.25) is 0 Å². The highest BCUT2D eigenvalue weighted by atomic mass is 79.9. The molecule has 0 radical (unpaired) electrons. The molecule has 1 heteroatoms. The maximum atomic E-state index is 3.79. The van der Waals surface area contributed by atoms with Crippen molar-refractivity contribution >= 4 is 15.9 Å². The van der Waals surface area contributed by atoms with E-state index >= 15 is 0 Å². The van der Waals surface area contributed by atoms with Gasteiger partial charge in [-0.2, -0.15) is 0 Å². The molecule has 0 bridgehead atoms. The summed E-state index contributed by atoms with van der Waals surface area (Å²) in [5.41, 5.74) is 2.66. The van der Waals surface area contributed by atoms with Gasteiger partial charge in [0, 0.05) is 4.48 Å². The lowest BCUT2D eigenvalue weighted by atomic mass is 9.96. The molecule has 7 heavy (non-hydrogen) atoms. The maximum Gasteiger partial charge on any atom is 0.0197 e. The van der Waals surface area contributed by atoms with E-state index in [0.29, 0.717) is 0 Å². The number of hydrogen-bond donors (Lipinski definition) is 0. The lowest BCUT2D eigenvalue weighted by Gasteiger charge is -2.17. The second kappa shape index (κ2) is 1.48. The van der Waals surface area contributed by atoms with E-state index in [0.717, 1.165) is 6.42 Å². The van der Waals surface area contributed by atoms with Gasteiger partial charge in [-0.05, 0) is 18.9 Å². The van der Waals surface area contributed by atoms with Crippen molar-refractivity contribution in [3.05, 3.63) is 22.2 Å². The minimum absolute atomic E-state index is 1.10. The highest BCUT2D eigenvalue weighted by molar-refractivity contribution is 9.12. The summed E-state index contributed by atoms with van der Waals surface area (Å²) < 4.78 is 1.23. The smallest absolute Gasteiger partial charge is 0.0197 e. The topological polar surface area (TPSA) is 0 Å². The summed E-state index contributed by atoms with van der Waals surface area (Å²) in [5, 5.41) is 0. The molecule has 0 saturated heterocycles. The van der Waals surface area contributed by atoms with E-state index in [1.54, 1.807) is 0 Å². The fraction of sp³-hybridized carbons (Fsp3) is 0.333. The van der Waals surface area contributed by atoms with Gasteiger partial charge in [-0.3, -0.25) is 0 Å². The van der Waals surface area contributed by atoms with Gasteiger partial charge in [0.05, 0.1) is 0 Å². The summed E-state index contributed by atoms with van der Waals surface area (Å²) in [4.78, 5) is 0. The fourth-order valence-corrected chi connectivity index (χ4v) is 0.951. The van der Waals surface area contributed by atoms with Gasteiger partial charge in [-0.25, -0.2) is 0 Å². The van der Waals surface area contributed by atoms with E-state index in [-0.39, 0.29) is 0 Å². The molecule has 1 aliphatic carbocycles. The number of rotatable bonds is 0. The second-order valence-corrected chi connectivity index (χ2v) is 2.67. The van der Waals surface area contributed by atoms with Gasteiger partial charge >= 0.3 is 0 Å². The summed E-state index contributed by atoms with van der Waals surface area (Å²) in [6.07, 6.45) is 1.10. The van der Waals surface area contributed by atoms with Gasteiger partial charge in [-0.1, -0.05) is 28.1 Å². The zero-order valence-corrected chi connectivity index (χ0v) is 5.88. The molecule has 38 valence electrons. The van der Waals surface area contributed by atoms with E-state index < -0.39 is 0 Å². The molecule has 0 aliphatic heterocycles. The quantitative estimate of drug-likeness (QED) is 0.509.